The predicted molar refractivity (Wildman–Crippen MR) is 26.8 cm³/mol. The zero-order valence-electron chi connectivity index (χ0n) is 3.88. The molecule has 0 radical (unpaired) electrons. The Labute approximate surface area is 43.1 Å². The lowest BCUT2D eigenvalue weighted by Crippen LogP contribution is -1.92. The van der Waals surface area contributed by atoms with Gasteiger partial charge in [0.05, 0.1) is 0 Å². The zero-order chi connectivity index (χ0) is 5.86. The molecule has 3 nitrogen and oxygen atoms in total. The number of hydrogen-bond donors (Lipinski definition) is 1. The highest BCUT2D eigenvalue weighted by Gasteiger charge is 1.84. The summed E-state index contributed by atoms with van der Waals surface area (Å²) >= 11 is 0. The Morgan fingerprint density at radius 2 is 2.14 bits per heavy atom. The molecule has 4 heteroatoms. The molecule has 0 aliphatic carbocycles. The maximum atomic E-state index is 9.64. The van der Waals surface area contributed by atoms with Gasteiger partial charge in [-0.2, -0.15) is 8.42 Å². The fraction of sp³-hybridized carbons (Fsp3) is 0.667. The molecule has 0 unspecified atom stereocenters. The van der Waals surface area contributed by atoms with Gasteiger partial charge in [-0.15, -0.1) is 0 Å². The average Bonchev–Trinajstić information content (AvgIpc) is 1.65. The molecule has 1 N–H and O–H groups in total. The second-order valence-electron chi connectivity index (χ2n) is 0.982. The van der Waals surface area contributed by atoms with E-state index >= 15 is 0 Å². The van der Waals surface area contributed by atoms with E-state index in [9.17, 15) is 8.42 Å². The molecular formula is C3H6O3S. The van der Waals surface area contributed by atoms with Gasteiger partial charge in [0.2, 0.25) is 10.3 Å². The molecule has 0 heterocycles. The van der Waals surface area contributed by atoms with Gasteiger partial charge in [-0.05, 0) is 0 Å². The second-order valence-corrected chi connectivity index (χ2v) is 1.92. The molecule has 0 aromatic heterocycles. The average molecular weight is 122 g/mol. The minimum absolute atomic E-state index is 0.177. The molecule has 0 spiro atoms. The van der Waals surface area contributed by atoms with Crippen LogP contribution in [0, 0.1) is 0 Å². The zero-order valence-corrected chi connectivity index (χ0v) is 4.70. The maximum absolute atomic E-state index is 9.64. The van der Waals surface area contributed by atoms with Gasteiger partial charge in [-0.25, -0.2) is 0 Å². The number of aliphatic hydroxyl groups is 1. The summed E-state index contributed by atoms with van der Waals surface area (Å²) in [5.74, 6) is 0. The topological polar surface area (TPSA) is 54.4 Å². The van der Waals surface area contributed by atoms with Gasteiger partial charge in [-0.3, -0.25) is 0 Å². The first-order valence-corrected chi connectivity index (χ1v) is 2.90. The van der Waals surface area contributed by atoms with Crippen molar-refractivity contribution < 1.29 is 13.5 Å². The largest absolute Gasteiger partial charge is 0.351 e. The van der Waals surface area contributed by atoms with Crippen LogP contribution in [-0.4, -0.2) is 18.6 Å². The van der Waals surface area contributed by atoms with Crippen molar-refractivity contribution in [1.29, 1.82) is 0 Å². The van der Waals surface area contributed by atoms with Crippen LogP contribution in [0.1, 0.15) is 13.3 Å². The summed E-state index contributed by atoms with van der Waals surface area (Å²) in [5.41, 5.74) is 0. The van der Waals surface area contributed by atoms with Crippen LogP contribution in [-0.2, 0) is 10.3 Å². The first kappa shape index (κ1) is 6.65. The third-order valence-electron chi connectivity index (χ3n) is 0.495. The van der Waals surface area contributed by atoms with Gasteiger partial charge in [-0.1, -0.05) is 6.92 Å². The fourth-order valence-electron chi connectivity index (χ4n) is 0.118. The minimum atomic E-state index is -2.39. The lowest BCUT2D eigenvalue weighted by molar-refractivity contribution is 0.544. The van der Waals surface area contributed by atoms with Crippen LogP contribution in [0.4, 0.5) is 0 Å². The van der Waals surface area contributed by atoms with Gasteiger partial charge in [0.25, 0.3) is 0 Å². The van der Waals surface area contributed by atoms with Crippen LogP contribution in [0.2, 0.25) is 0 Å². The first-order chi connectivity index (χ1) is 3.18. The van der Waals surface area contributed by atoms with Crippen LogP contribution in [0.3, 0.4) is 0 Å². The lowest BCUT2D eigenvalue weighted by atomic mass is 10.5. The predicted octanol–water partition coefficient (Wildman–Crippen LogP) is -0.0366. The Kier molecular flexibility index (Phi) is 2.62. The smallest absolute Gasteiger partial charge is 0.240 e. The van der Waals surface area contributed by atoms with E-state index in [1.807, 2.05) is 0 Å². The SMILES string of the molecule is CCC(O)=S(=O)=O. The van der Waals surface area contributed by atoms with E-state index < -0.39 is 15.3 Å². The van der Waals surface area contributed by atoms with Crippen LogP contribution in [0.15, 0.2) is 0 Å². The van der Waals surface area contributed by atoms with Gasteiger partial charge in [0.15, 0.2) is 5.05 Å². The second kappa shape index (κ2) is 2.76. The van der Waals surface area contributed by atoms with Crippen molar-refractivity contribution in [2.45, 2.75) is 13.3 Å². The molecule has 0 bridgehead atoms. The van der Waals surface area contributed by atoms with Gasteiger partial charge >= 0.3 is 0 Å². The highest BCUT2D eigenvalue weighted by Crippen LogP contribution is 1.71. The summed E-state index contributed by atoms with van der Waals surface area (Å²) in [6.07, 6.45) is 0.177. The van der Waals surface area contributed by atoms with Crippen LogP contribution in [0.25, 0.3) is 0 Å². The van der Waals surface area contributed by atoms with Crippen molar-refractivity contribution in [1.82, 2.24) is 0 Å². The van der Waals surface area contributed by atoms with Crippen LogP contribution < -0.4 is 0 Å². The Balaban J connectivity index is 4.33. The molecule has 0 amide bonds. The summed E-state index contributed by atoms with van der Waals surface area (Å²) < 4.78 is 19.3. The van der Waals surface area contributed by atoms with E-state index in [2.05, 4.69) is 0 Å². The molecule has 0 saturated heterocycles. The monoisotopic (exact) mass is 122 g/mol. The Hall–Kier alpha value is -0.350. The summed E-state index contributed by atoms with van der Waals surface area (Å²) in [4.78, 5) is 0. The lowest BCUT2D eigenvalue weighted by Gasteiger charge is -1.76. The summed E-state index contributed by atoms with van der Waals surface area (Å²) in [6.45, 7) is 1.56. The highest BCUT2D eigenvalue weighted by molar-refractivity contribution is 7.72. The number of aliphatic hydroxyl groups excluding tert-OH is 1. The molecule has 0 aromatic rings. The van der Waals surface area contributed by atoms with E-state index in [4.69, 9.17) is 5.11 Å². The first-order valence-electron chi connectivity index (χ1n) is 1.82. The standard InChI is InChI=1S/C3H6O3S/c1-2-3(4)7(5)6/h4H,2H2,1H3. The number of hydrogen-bond acceptors (Lipinski definition) is 2. The van der Waals surface area contributed by atoms with Crippen molar-refractivity contribution >= 4 is 15.3 Å². The van der Waals surface area contributed by atoms with E-state index in [0.717, 1.165) is 0 Å². The van der Waals surface area contributed by atoms with Crippen molar-refractivity contribution in [2.24, 2.45) is 0 Å². The highest BCUT2D eigenvalue weighted by atomic mass is 32.2. The normalized spacial score (nSPS) is 8.29. The van der Waals surface area contributed by atoms with E-state index in [1.165, 1.54) is 0 Å². The Bertz CT molecular complexity index is 157. The van der Waals surface area contributed by atoms with Gasteiger partial charge in [0, 0.05) is 6.42 Å². The molecule has 0 rings (SSSR count). The third-order valence-corrected chi connectivity index (χ3v) is 1.17. The molecule has 0 aliphatic heterocycles. The third kappa shape index (κ3) is 2.36. The molecule has 0 aromatic carbocycles. The molecule has 0 fully saturated rings. The molecule has 0 atom stereocenters. The van der Waals surface area contributed by atoms with E-state index in [0.29, 0.717) is 0 Å². The fourth-order valence-corrected chi connectivity index (χ4v) is 0.354. The summed E-state index contributed by atoms with van der Waals surface area (Å²) in [6, 6.07) is 0. The quantitative estimate of drug-likeness (QED) is 0.496. The van der Waals surface area contributed by atoms with Crippen molar-refractivity contribution in [3.05, 3.63) is 0 Å². The molecule has 0 aliphatic rings. The molecule has 42 valence electrons. The molecular weight excluding hydrogens is 116 g/mol. The van der Waals surface area contributed by atoms with Crippen LogP contribution >= 0.6 is 0 Å². The van der Waals surface area contributed by atoms with Gasteiger partial charge in [0.1, 0.15) is 0 Å². The summed E-state index contributed by atoms with van der Waals surface area (Å²) in [5, 5.41) is 7.75. The maximum Gasteiger partial charge on any atom is 0.240 e. The summed E-state index contributed by atoms with van der Waals surface area (Å²) in [7, 11) is -2.39. The molecule has 7 heavy (non-hydrogen) atoms. The molecule has 0 saturated carbocycles. The van der Waals surface area contributed by atoms with Crippen molar-refractivity contribution in [3.8, 4) is 0 Å². The van der Waals surface area contributed by atoms with Crippen molar-refractivity contribution in [2.75, 3.05) is 0 Å². The van der Waals surface area contributed by atoms with Gasteiger partial charge < -0.3 is 5.11 Å². The minimum Gasteiger partial charge on any atom is -0.351 e. The number of rotatable bonds is 1. The van der Waals surface area contributed by atoms with Crippen LogP contribution in [0.5, 0.6) is 0 Å². The van der Waals surface area contributed by atoms with E-state index in [-0.39, 0.29) is 6.42 Å². The van der Waals surface area contributed by atoms with E-state index in [1.54, 1.807) is 6.92 Å². The Morgan fingerprint density at radius 1 is 1.71 bits per heavy atom. The Morgan fingerprint density at radius 3 is 2.14 bits per heavy atom. The van der Waals surface area contributed by atoms with Crippen molar-refractivity contribution in [3.63, 3.8) is 0 Å².